The molecule has 0 fully saturated rings. The molecule has 6 heteroatoms. The standard InChI is InChI=1S/C11H21NO5/c1-8(5-11(14)15)4-10(13)12-6-9(17-3)7-16-2/h8-9H,4-7H2,1-3H3,(H,12,13)(H,14,15). The van der Waals surface area contributed by atoms with Gasteiger partial charge in [-0.3, -0.25) is 9.59 Å². The van der Waals surface area contributed by atoms with E-state index in [4.69, 9.17) is 14.6 Å². The third-order valence-corrected chi connectivity index (χ3v) is 2.27. The minimum atomic E-state index is -0.889. The van der Waals surface area contributed by atoms with Gasteiger partial charge in [0, 0.05) is 33.6 Å². The Morgan fingerprint density at radius 2 is 1.94 bits per heavy atom. The largest absolute Gasteiger partial charge is 0.481 e. The van der Waals surface area contributed by atoms with Crippen LogP contribution in [0.15, 0.2) is 0 Å². The number of methoxy groups -OCH3 is 2. The van der Waals surface area contributed by atoms with Gasteiger partial charge in [0.25, 0.3) is 0 Å². The lowest BCUT2D eigenvalue weighted by Crippen LogP contribution is -2.36. The second kappa shape index (κ2) is 8.95. The van der Waals surface area contributed by atoms with Crippen LogP contribution in [0.4, 0.5) is 0 Å². The van der Waals surface area contributed by atoms with Gasteiger partial charge in [-0.05, 0) is 5.92 Å². The Bertz CT molecular complexity index is 244. The molecule has 0 saturated carbocycles. The van der Waals surface area contributed by atoms with Crippen molar-refractivity contribution in [1.29, 1.82) is 0 Å². The molecule has 1 amide bonds. The number of ether oxygens (including phenoxy) is 2. The molecule has 100 valence electrons. The number of carbonyl (C=O) groups is 2. The molecule has 2 atom stereocenters. The number of aliphatic carboxylic acids is 1. The lowest BCUT2D eigenvalue weighted by molar-refractivity contribution is -0.138. The van der Waals surface area contributed by atoms with Gasteiger partial charge in [0.05, 0.1) is 12.7 Å². The molecule has 6 nitrogen and oxygen atoms in total. The van der Waals surface area contributed by atoms with Crippen molar-refractivity contribution >= 4 is 11.9 Å². The molecular weight excluding hydrogens is 226 g/mol. The maximum atomic E-state index is 11.5. The van der Waals surface area contributed by atoms with Crippen LogP contribution >= 0.6 is 0 Å². The highest BCUT2D eigenvalue weighted by Gasteiger charge is 2.14. The van der Waals surface area contributed by atoms with Gasteiger partial charge in [0.15, 0.2) is 0 Å². The summed E-state index contributed by atoms with van der Waals surface area (Å²) >= 11 is 0. The lowest BCUT2D eigenvalue weighted by atomic mass is 10.0. The summed E-state index contributed by atoms with van der Waals surface area (Å²) in [7, 11) is 3.10. The second-order valence-corrected chi connectivity index (χ2v) is 4.02. The quantitative estimate of drug-likeness (QED) is 0.610. The Hall–Kier alpha value is -1.14. The van der Waals surface area contributed by atoms with Crippen molar-refractivity contribution in [2.45, 2.75) is 25.9 Å². The van der Waals surface area contributed by atoms with Crippen LogP contribution in [0.3, 0.4) is 0 Å². The Morgan fingerprint density at radius 3 is 2.41 bits per heavy atom. The number of amides is 1. The number of nitrogens with one attached hydrogen (secondary N) is 1. The van der Waals surface area contributed by atoms with E-state index in [2.05, 4.69) is 5.32 Å². The monoisotopic (exact) mass is 247 g/mol. The van der Waals surface area contributed by atoms with E-state index in [1.807, 2.05) is 0 Å². The van der Waals surface area contributed by atoms with Crippen LogP contribution in [0.5, 0.6) is 0 Å². The summed E-state index contributed by atoms with van der Waals surface area (Å²) in [6, 6.07) is 0. The van der Waals surface area contributed by atoms with Crippen molar-refractivity contribution in [2.75, 3.05) is 27.4 Å². The Balaban J connectivity index is 3.81. The molecular formula is C11H21NO5. The van der Waals surface area contributed by atoms with Gasteiger partial charge in [0.1, 0.15) is 0 Å². The normalized spacial score (nSPS) is 14.1. The highest BCUT2D eigenvalue weighted by Crippen LogP contribution is 2.06. The minimum absolute atomic E-state index is 0.000796. The zero-order chi connectivity index (χ0) is 13.3. The van der Waals surface area contributed by atoms with Gasteiger partial charge in [-0.15, -0.1) is 0 Å². The number of hydrogen-bond acceptors (Lipinski definition) is 4. The molecule has 0 radical (unpaired) electrons. The van der Waals surface area contributed by atoms with E-state index in [1.165, 1.54) is 0 Å². The number of hydrogen-bond donors (Lipinski definition) is 2. The maximum absolute atomic E-state index is 11.5. The van der Waals surface area contributed by atoms with Crippen LogP contribution in [-0.4, -0.2) is 50.5 Å². The molecule has 0 heterocycles. The summed E-state index contributed by atoms with van der Waals surface area (Å²) in [5.41, 5.74) is 0. The summed E-state index contributed by atoms with van der Waals surface area (Å²) < 4.78 is 9.98. The first-order chi connectivity index (χ1) is 7.99. The third kappa shape index (κ3) is 8.65. The average Bonchev–Trinajstić information content (AvgIpc) is 2.22. The van der Waals surface area contributed by atoms with Gasteiger partial charge in [-0.1, -0.05) is 6.92 Å². The van der Waals surface area contributed by atoms with Crippen molar-refractivity contribution in [3.8, 4) is 0 Å². The first-order valence-electron chi connectivity index (χ1n) is 5.49. The van der Waals surface area contributed by atoms with Crippen LogP contribution in [0.25, 0.3) is 0 Å². The predicted octanol–water partition coefficient (Wildman–Crippen LogP) is 0.265. The molecule has 0 aromatic rings. The lowest BCUT2D eigenvalue weighted by Gasteiger charge is -2.15. The predicted molar refractivity (Wildman–Crippen MR) is 61.7 cm³/mol. The van der Waals surface area contributed by atoms with E-state index < -0.39 is 5.97 Å². The average molecular weight is 247 g/mol. The van der Waals surface area contributed by atoms with Crippen molar-refractivity contribution in [2.24, 2.45) is 5.92 Å². The molecule has 0 bridgehead atoms. The number of carboxylic acids is 1. The zero-order valence-electron chi connectivity index (χ0n) is 10.6. The molecule has 2 unspecified atom stereocenters. The van der Waals surface area contributed by atoms with Gasteiger partial charge in [0.2, 0.25) is 5.91 Å². The van der Waals surface area contributed by atoms with Crippen molar-refractivity contribution in [3.63, 3.8) is 0 Å². The van der Waals surface area contributed by atoms with E-state index in [-0.39, 0.29) is 30.8 Å². The van der Waals surface area contributed by atoms with Gasteiger partial charge >= 0.3 is 5.97 Å². The van der Waals surface area contributed by atoms with Crippen LogP contribution in [-0.2, 0) is 19.1 Å². The Morgan fingerprint density at radius 1 is 1.29 bits per heavy atom. The molecule has 17 heavy (non-hydrogen) atoms. The highest BCUT2D eigenvalue weighted by molar-refractivity contribution is 5.77. The second-order valence-electron chi connectivity index (χ2n) is 4.02. The van der Waals surface area contributed by atoms with Crippen molar-refractivity contribution < 1.29 is 24.2 Å². The Labute approximate surface area is 101 Å². The summed E-state index contributed by atoms with van der Waals surface area (Å²) in [6.45, 7) is 2.50. The maximum Gasteiger partial charge on any atom is 0.303 e. The molecule has 0 saturated heterocycles. The summed E-state index contributed by atoms with van der Waals surface area (Å²) in [5.74, 6) is -1.23. The molecule has 2 N–H and O–H groups in total. The fourth-order valence-electron chi connectivity index (χ4n) is 1.38. The molecule has 0 spiro atoms. The number of rotatable bonds is 9. The van der Waals surface area contributed by atoms with Crippen LogP contribution in [0.2, 0.25) is 0 Å². The van der Waals surface area contributed by atoms with E-state index in [9.17, 15) is 9.59 Å². The van der Waals surface area contributed by atoms with E-state index >= 15 is 0 Å². The third-order valence-electron chi connectivity index (χ3n) is 2.27. The van der Waals surface area contributed by atoms with Gasteiger partial charge in [-0.25, -0.2) is 0 Å². The molecule has 0 aromatic heterocycles. The molecule has 0 aliphatic heterocycles. The van der Waals surface area contributed by atoms with Gasteiger partial charge < -0.3 is 19.9 Å². The van der Waals surface area contributed by atoms with Crippen molar-refractivity contribution in [1.82, 2.24) is 5.32 Å². The molecule has 0 aliphatic rings. The van der Waals surface area contributed by atoms with Crippen LogP contribution < -0.4 is 5.32 Å². The van der Waals surface area contributed by atoms with Crippen LogP contribution in [0, 0.1) is 5.92 Å². The van der Waals surface area contributed by atoms with Gasteiger partial charge in [-0.2, -0.15) is 0 Å². The fourth-order valence-corrected chi connectivity index (χ4v) is 1.38. The minimum Gasteiger partial charge on any atom is -0.481 e. The van der Waals surface area contributed by atoms with E-state index in [1.54, 1.807) is 21.1 Å². The fraction of sp³-hybridized carbons (Fsp3) is 0.818. The first kappa shape index (κ1) is 15.9. The van der Waals surface area contributed by atoms with E-state index in [0.29, 0.717) is 13.2 Å². The smallest absolute Gasteiger partial charge is 0.303 e. The van der Waals surface area contributed by atoms with E-state index in [0.717, 1.165) is 0 Å². The highest BCUT2D eigenvalue weighted by atomic mass is 16.5. The zero-order valence-corrected chi connectivity index (χ0v) is 10.6. The molecule has 0 aromatic carbocycles. The summed E-state index contributed by atoms with van der Waals surface area (Å²) in [4.78, 5) is 21.9. The molecule has 0 aliphatic carbocycles. The number of carbonyl (C=O) groups excluding carboxylic acids is 1. The van der Waals surface area contributed by atoms with Crippen LogP contribution in [0.1, 0.15) is 19.8 Å². The SMILES string of the molecule is COCC(CNC(=O)CC(C)CC(=O)O)OC. The van der Waals surface area contributed by atoms with Crippen molar-refractivity contribution in [3.05, 3.63) is 0 Å². The summed E-state index contributed by atoms with van der Waals surface area (Å²) in [5, 5.41) is 11.2. The summed E-state index contributed by atoms with van der Waals surface area (Å²) in [6.07, 6.45) is 0.0216. The topological polar surface area (TPSA) is 84.9 Å². The number of carboxylic acid groups (broad SMARTS) is 1. The first-order valence-corrected chi connectivity index (χ1v) is 5.49. The Kier molecular flexibility index (Phi) is 8.35. The molecule has 0 rings (SSSR count).